The summed E-state index contributed by atoms with van der Waals surface area (Å²) in [6, 6.07) is 0.487. The highest BCUT2D eigenvalue weighted by molar-refractivity contribution is 7.99. The molecule has 0 bridgehead atoms. The molecule has 1 aliphatic heterocycles. The lowest BCUT2D eigenvalue weighted by atomic mass is 9.93. The molecule has 0 aromatic heterocycles. The lowest BCUT2D eigenvalue weighted by Gasteiger charge is -2.45. The first kappa shape index (κ1) is 14.6. The van der Waals surface area contributed by atoms with Gasteiger partial charge in [0, 0.05) is 30.1 Å². The smallest absolute Gasteiger partial charge is 0.152 e. The van der Waals surface area contributed by atoms with Gasteiger partial charge in [-0.1, -0.05) is 6.42 Å². The molecule has 2 N–H and O–H groups in total. The van der Waals surface area contributed by atoms with E-state index in [0.717, 1.165) is 31.4 Å². The van der Waals surface area contributed by atoms with Crippen LogP contribution in [0.25, 0.3) is 0 Å². The van der Waals surface area contributed by atoms with E-state index in [0.29, 0.717) is 12.6 Å². The van der Waals surface area contributed by atoms with Crippen molar-refractivity contribution in [3.63, 3.8) is 0 Å². The minimum atomic E-state index is -3.03. The van der Waals surface area contributed by atoms with E-state index in [1.165, 1.54) is 12.0 Å². The Morgan fingerprint density at radius 3 is 2.67 bits per heavy atom. The lowest BCUT2D eigenvalue weighted by molar-refractivity contribution is 0.0952. The van der Waals surface area contributed by atoms with Crippen LogP contribution in [0.3, 0.4) is 0 Å². The molecule has 18 heavy (non-hydrogen) atoms. The van der Waals surface area contributed by atoms with Gasteiger partial charge in [-0.2, -0.15) is 11.8 Å². The third kappa shape index (κ3) is 2.44. The first-order valence-corrected chi connectivity index (χ1v) is 9.72. The van der Waals surface area contributed by atoms with Gasteiger partial charge in [0.05, 0.1) is 5.25 Å². The van der Waals surface area contributed by atoms with Crippen LogP contribution >= 0.6 is 11.8 Å². The fourth-order valence-electron chi connectivity index (χ4n) is 3.61. The summed E-state index contributed by atoms with van der Waals surface area (Å²) in [5.41, 5.74) is 5.68. The van der Waals surface area contributed by atoms with Crippen molar-refractivity contribution in [1.82, 2.24) is 4.90 Å². The fourth-order valence-corrected chi connectivity index (χ4v) is 6.65. The molecule has 0 radical (unpaired) electrons. The van der Waals surface area contributed by atoms with E-state index in [-0.39, 0.29) is 10.8 Å². The van der Waals surface area contributed by atoms with Crippen LogP contribution in [0.4, 0.5) is 0 Å². The third-order valence-corrected chi connectivity index (χ3v) is 7.55. The third-order valence-electron chi connectivity index (χ3n) is 4.70. The van der Waals surface area contributed by atoms with Crippen LogP contribution in [0.5, 0.6) is 0 Å². The Labute approximate surface area is 115 Å². The number of thioether (sulfide) groups is 1. The van der Waals surface area contributed by atoms with E-state index in [1.807, 2.05) is 11.8 Å². The molecule has 1 saturated heterocycles. The zero-order valence-electron chi connectivity index (χ0n) is 11.3. The topological polar surface area (TPSA) is 63.4 Å². The summed E-state index contributed by atoms with van der Waals surface area (Å²) in [5.74, 6) is 2.29. The van der Waals surface area contributed by atoms with Crippen LogP contribution in [0.15, 0.2) is 0 Å². The molecule has 2 rings (SSSR count). The summed E-state index contributed by atoms with van der Waals surface area (Å²) >= 11 is 1.96. The van der Waals surface area contributed by atoms with Gasteiger partial charge in [0.1, 0.15) is 0 Å². The summed E-state index contributed by atoms with van der Waals surface area (Å²) < 4.78 is 24.1. The van der Waals surface area contributed by atoms with Crippen molar-refractivity contribution >= 4 is 21.6 Å². The zero-order chi connectivity index (χ0) is 13.4. The molecule has 1 saturated carbocycles. The van der Waals surface area contributed by atoms with Crippen LogP contribution in [-0.4, -0.2) is 61.5 Å². The van der Waals surface area contributed by atoms with E-state index in [4.69, 9.17) is 5.73 Å². The largest absolute Gasteiger partial charge is 0.329 e. The van der Waals surface area contributed by atoms with Gasteiger partial charge in [0.2, 0.25) is 0 Å². The number of sulfone groups is 1. The van der Waals surface area contributed by atoms with Gasteiger partial charge in [-0.05, 0) is 32.1 Å². The van der Waals surface area contributed by atoms with Gasteiger partial charge >= 0.3 is 0 Å². The van der Waals surface area contributed by atoms with Gasteiger partial charge in [-0.25, -0.2) is 8.42 Å². The Bertz CT molecular complexity index is 393. The molecule has 0 spiro atoms. The first-order chi connectivity index (χ1) is 8.42. The lowest BCUT2D eigenvalue weighted by Crippen LogP contribution is -2.62. The van der Waals surface area contributed by atoms with E-state index in [2.05, 4.69) is 11.9 Å². The number of nitrogens with zero attached hydrogens (tertiary/aromatic N) is 1. The van der Waals surface area contributed by atoms with E-state index >= 15 is 0 Å². The Kier molecular flexibility index (Phi) is 4.31. The molecule has 2 fully saturated rings. The number of likely N-dealkylation sites (N-methyl/N-ethyl adjacent to an activating group) is 1. The van der Waals surface area contributed by atoms with Crippen molar-refractivity contribution in [2.24, 2.45) is 5.73 Å². The van der Waals surface area contributed by atoms with Crippen molar-refractivity contribution in [1.29, 1.82) is 0 Å². The monoisotopic (exact) mass is 292 g/mol. The average molecular weight is 292 g/mol. The molecular formula is C12H24N2O2S2. The van der Waals surface area contributed by atoms with Crippen molar-refractivity contribution in [3.8, 4) is 0 Å². The maximum absolute atomic E-state index is 12.0. The molecule has 1 aliphatic carbocycles. The number of rotatable bonds is 4. The highest BCUT2D eigenvalue weighted by Gasteiger charge is 2.51. The Morgan fingerprint density at radius 1 is 1.44 bits per heavy atom. The van der Waals surface area contributed by atoms with E-state index in [9.17, 15) is 8.42 Å². The Balaban J connectivity index is 2.28. The first-order valence-electron chi connectivity index (χ1n) is 6.61. The van der Waals surface area contributed by atoms with Crippen LogP contribution in [0.2, 0.25) is 0 Å². The molecule has 0 aromatic rings. The number of hydrogen-bond acceptors (Lipinski definition) is 5. The summed E-state index contributed by atoms with van der Waals surface area (Å²) in [4.78, 5) is 2.30. The highest BCUT2D eigenvalue weighted by Crippen LogP contribution is 2.41. The standard InChI is InChI=1S/C12H24N2O2S2/c1-14(10-5-7-17-8-10)12(9-13)6-3-4-11(12)18(2,15)16/h10-11H,3-9,13H2,1-2H3. The van der Waals surface area contributed by atoms with Gasteiger partial charge in [-0.3, -0.25) is 4.90 Å². The summed E-state index contributed by atoms with van der Waals surface area (Å²) in [7, 11) is -0.949. The van der Waals surface area contributed by atoms with Crippen molar-refractivity contribution in [3.05, 3.63) is 0 Å². The number of hydrogen-bond donors (Lipinski definition) is 1. The van der Waals surface area contributed by atoms with Crippen molar-refractivity contribution in [2.75, 3.05) is 31.4 Å². The fraction of sp³-hybridized carbons (Fsp3) is 1.00. The second-order valence-electron chi connectivity index (χ2n) is 5.65. The van der Waals surface area contributed by atoms with Crippen LogP contribution in [0.1, 0.15) is 25.7 Å². The molecule has 0 amide bonds. The van der Waals surface area contributed by atoms with Crippen molar-refractivity contribution in [2.45, 2.75) is 42.5 Å². The van der Waals surface area contributed by atoms with Crippen molar-refractivity contribution < 1.29 is 8.42 Å². The van der Waals surface area contributed by atoms with Gasteiger partial charge in [0.25, 0.3) is 0 Å². The molecule has 3 unspecified atom stereocenters. The van der Waals surface area contributed by atoms with Crippen LogP contribution < -0.4 is 5.73 Å². The maximum atomic E-state index is 12.0. The predicted octanol–water partition coefficient (Wildman–Crippen LogP) is 0.718. The SMILES string of the molecule is CN(C1CCSC1)C1(CN)CCCC1S(C)(=O)=O. The summed E-state index contributed by atoms with van der Waals surface area (Å²) in [6.07, 6.45) is 5.17. The second kappa shape index (κ2) is 5.31. The maximum Gasteiger partial charge on any atom is 0.152 e. The second-order valence-corrected chi connectivity index (χ2v) is 9.02. The minimum Gasteiger partial charge on any atom is -0.329 e. The number of nitrogens with two attached hydrogens (primary N) is 1. The molecular weight excluding hydrogens is 268 g/mol. The van der Waals surface area contributed by atoms with Crippen LogP contribution in [0, 0.1) is 0 Å². The zero-order valence-corrected chi connectivity index (χ0v) is 12.9. The van der Waals surface area contributed by atoms with E-state index < -0.39 is 9.84 Å². The van der Waals surface area contributed by atoms with Gasteiger partial charge in [-0.15, -0.1) is 0 Å². The minimum absolute atomic E-state index is 0.286. The van der Waals surface area contributed by atoms with Crippen LogP contribution in [-0.2, 0) is 9.84 Å². The molecule has 4 nitrogen and oxygen atoms in total. The van der Waals surface area contributed by atoms with Gasteiger partial charge < -0.3 is 5.73 Å². The Hall–Kier alpha value is 0.220. The molecule has 6 heteroatoms. The molecule has 1 heterocycles. The summed E-state index contributed by atoms with van der Waals surface area (Å²) in [6.45, 7) is 0.447. The Morgan fingerprint density at radius 2 is 2.17 bits per heavy atom. The normalized spacial score (nSPS) is 37.6. The van der Waals surface area contributed by atoms with Gasteiger partial charge in [0.15, 0.2) is 9.84 Å². The molecule has 0 aromatic carbocycles. The average Bonchev–Trinajstić information content (AvgIpc) is 2.97. The molecule has 106 valence electrons. The summed E-state index contributed by atoms with van der Waals surface area (Å²) in [5, 5.41) is -0.286. The molecule has 3 atom stereocenters. The van der Waals surface area contributed by atoms with E-state index in [1.54, 1.807) is 0 Å². The predicted molar refractivity (Wildman–Crippen MR) is 77.8 cm³/mol. The quantitative estimate of drug-likeness (QED) is 0.827. The molecule has 2 aliphatic rings. The highest BCUT2D eigenvalue weighted by atomic mass is 32.2.